The lowest BCUT2D eigenvalue weighted by Crippen LogP contribution is -2.67. The third-order valence-electron chi connectivity index (χ3n) is 10.0. The van der Waals surface area contributed by atoms with E-state index in [1.807, 2.05) is 12.1 Å². The first-order chi connectivity index (χ1) is 28.6. The van der Waals surface area contributed by atoms with Crippen LogP contribution in [-0.2, 0) is 54.0 Å². The zero-order valence-corrected chi connectivity index (χ0v) is 33.3. The van der Waals surface area contributed by atoms with E-state index in [1.54, 1.807) is 49.6 Å². The lowest BCUT2D eigenvalue weighted by Gasteiger charge is -2.49. The molecule has 0 aromatic heterocycles. The summed E-state index contributed by atoms with van der Waals surface area (Å²) in [6.45, 7) is 2.70. The number of ether oxygens (including phenoxy) is 9. The standard InChI is InChI=1S/C40H53NO19/c1-19-35(55-21(3)44)36(59-38-33(50)31(48)29(46)26(17-42)57-38)37(60-39-34(51)32(49)30(47)27(58-39)18-53-20(2)43)40(54-19)56-25-12-7-23(8-13-25)15-16-41-28(45)14-9-22-5-10-24(52-4)11-6-22/h5-14,19,26-27,29-40,42,46-51H,15-18H2,1-4H3,(H,41,45)/b14-9+/t19-,26+,27+,29+,30+,31-,32-,33+,34+,35-,36+,37+,38-,39-,40-/m0/s1. The number of aliphatic hydroxyl groups excluding tert-OH is 7. The maximum absolute atomic E-state index is 12.4. The van der Waals surface area contributed by atoms with Gasteiger partial charge in [-0.25, -0.2) is 0 Å². The first kappa shape index (κ1) is 46.8. The van der Waals surface area contributed by atoms with Gasteiger partial charge in [-0.1, -0.05) is 24.3 Å². The van der Waals surface area contributed by atoms with Crippen LogP contribution in [0, 0.1) is 0 Å². The van der Waals surface area contributed by atoms with Gasteiger partial charge in [0, 0.05) is 26.5 Å². The predicted octanol–water partition coefficient (Wildman–Crippen LogP) is -1.94. The average molecular weight is 852 g/mol. The van der Waals surface area contributed by atoms with Gasteiger partial charge in [-0.2, -0.15) is 0 Å². The fraction of sp³-hybridized carbons (Fsp3) is 0.575. The second-order valence-corrected chi connectivity index (χ2v) is 14.4. The molecule has 20 heteroatoms. The topological polar surface area (TPSA) is 288 Å². The summed E-state index contributed by atoms with van der Waals surface area (Å²) in [5, 5.41) is 76.8. The number of methoxy groups -OCH3 is 1. The van der Waals surface area contributed by atoms with Crippen molar-refractivity contribution in [2.75, 3.05) is 26.9 Å². The van der Waals surface area contributed by atoms with Crippen LogP contribution in [0.1, 0.15) is 31.9 Å². The summed E-state index contributed by atoms with van der Waals surface area (Å²) in [7, 11) is 1.57. The smallest absolute Gasteiger partial charge is 0.303 e. The highest BCUT2D eigenvalue weighted by Gasteiger charge is 2.55. The first-order valence-electron chi connectivity index (χ1n) is 19.2. The van der Waals surface area contributed by atoms with E-state index in [9.17, 15) is 50.1 Å². The maximum atomic E-state index is 12.4. The molecule has 3 fully saturated rings. The fourth-order valence-corrected chi connectivity index (χ4v) is 6.72. The molecule has 3 aliphatic rings. The van der Waals surface area contributed by atoms with Crippen molar-refractivity contribution in [1.82, 2.24) is 5.32 Å². The summed E-state index contributed by atoms with van der Waals surface area (Å²) in [4.78, 5) is 36.4. The van der Waals surface area contributed by atoms with Gasteiger partial charge in [0.15, 0.2) is 24.8 Å². The average Bonchev–Trinajstić information content (AvgIpc) is 3.22. The molecular weight excluding hydrogens is 798 g/mol. The summed E-state index contributed by atoms with van der Waals surface area (Å²) < 4.78 is 51.7. The van der Waals surface area contributed by atoms with Gasteiger partial charge in [0.05, 0.1) is 19.8 Å². The summed E-state index contributed by atoms with van der Waals surface area (Å²) >= 11 is 0. The van der Waals surface area contributed by atoms with Crippen LogP contribution in [0.2, 0.25) is 0 Å². The largest absolute Gasteiger partial charge is 0.497 e. The number of amides is 1. The Labute approximate surface area is 345 Å². The van der Waals surface area contributed by atoms with Crippen molar-refractivity contribution in [2.45, 2.75) is 119 Å². The highest BCUT2D eigenvalue weighted by molar-refractivity contribution is 5.91. The summed E-state index contributed by atoms with van der Waals surface area (Å²) in [5.41, 5.74) is 1.64. The van der Waals surface area contributed by atoms with E-state index in [2.05, 4.69) is 5.32 Å². The highest BCUT2D eigenvalue weighted by Crippen LogP contribution is 2.35. The van der Waals surface area contributed by atoms with Crippen LogP contribution in [0.4, 0.5) is 0 Å². The van der Waals surface area contributed by atoms with E-state index >= 15 is 0 Å². The van der Waals surface area contributed by atoms with Crippen molar-refractivity contribution < 1.29 is 92.8 Å². The van der Waals surface area contributed by atoms with Crippen LogP contribution in [0.5, 0.6) is 11.5 Å². The van der Waals surface area contributed by atoms with Crippen molar-refractivity contribution in [3.63, 3.8) is 0 Å². The van der Waals surface area contributed by atoms with E-state index in [-0.39, 0.29) is 11.7 Å². The lowest BCUT2D eigenvalue weighted by atomic mass is 9.96. The summed E-state index contributed by atoms with van der Waals surface area (Å²) in [5.74, 6) is -0.909. The third kappa shape index (κ3) is 12.0. The molecule has 0 saturated carbocycles. The number of esters is 2. The Morgan fingerprint density at radius 3 is 1.87 bits per heavy atom. The molecule has 3 saturated heterocycles. The molecule has 15 atom stereocenters. The lowest BCUT2D eigenvalue weighted by molar-refractivity contribution is -0.382. The Bertz CT molecular complexity index is 1730. The highest BCUT2D eigenvalue weighted by atomic mass is 16.8. The molecule has 2 aromatic rings. The Morgan fingerprint density at radius 1 is 0.700 bits per heavy atom. The van der Waals surface area contributed by atoms with Crippen molar-refractivity contribution in [1.29, 1.82) is 0 Å². The van der Waals surface area contributed by atoms with Gasteiger partial charge >= 0.3 is 11.9 Å². The molecule has 0 aliphatic carbocycles. The van der Waals surface area contributed by atoms with Gasteiger partial charge < -0.3 is 83.7 Å². The monoisotopic (exact) mass is 851 g/mol. The van der Waals surface area contributed by atoms with E-state index in [0.29, 0.717) is 18.7 Å². The molecule has 5 rings (SSSR count). The van der Waals surface area contributed by atoms with Gasteiger partial charge in [0.1, 0.15) is 73.0 Å². The van der Waals surface area contributed by atoms with Gasteiger partial charge in [-0.15, -0.1) is 0 Å². The molecule has 60 heavy (non-hydrogen) atoms. The van der Waals surface area contributed by atoms with Gasteiger partial charge in [0.2, 0.25) is 12.2 Å². The Hall–Kier alpha value is -4.29. The second-order valence-electron chi connectivity index (χ2n) is 14.4. The molecule has 3 aliphatic heterocycles. The minimum Gasteiger partial charge on any atom is -0.497 e. The van der Waals surface area contributed by atoms with Crippen LogP contribution < -0.4 is 14.8 Å². The molecule has 0 spiro atoms. The quantitative estimate of drug-likeness (QED) is 0.0674. The summed E-state index contributed by atoms with van der Waals surface area (Å²) in [6.07, 6.45) is -21.1. The number of carbonyl (C=O) groups is 3. The zero-order valence-electron chi connectivity index (χ0n) is 33.3. The number of hydrogen-bond donors (Lipinski definition) is 8. The minimum atomic E-state index is -1.94. The molecule has 3 heterocycles. The van der Waals surface area contributed by atoms with Crippen LogP contribution in [0.15, 0.2) is 54.6 Å². The molecule has 0 unspecified atom stereocenters. The second kappa shape index (κ2) is 21.5. The van der Waals surface area contributed by atoms with Crippen LogP contribution >= 0.6 is 0 Å². The van der Waals surface area contributed by atoms with Gasteiger partial charge in [0.25, 0.3) is 0 Å². The number of benzene rings is 2. The third-order valence-corrected chi connectivity index (χ3v) is 10.0. The SMILES string of the molecule is COc1ccc(/C=C/C(=O)NCCc2ccc(O[C@@H]3O[C@@H](C)[C@H](OC(C)=O)[C@@H](O[C@@H]4O[C@H](CO)[C@@H](O)[C@H](O)[C@H]4O)[C@H]3O[C@@H]3O[C@H](COC(C)=O)[C@@H](O)[C@H](O)[C@H]3O)cc2)cc1. The Balaban J connectivity index is 1.36. The number of nitrogens with one attached hydrogen (secondary N) is 1. The van der Waals surface area contributed by atoms with E-state index in [1.165, 1.54) is 13.0 Å². The van der Waals surface area contributed by atoms with E-state index in [0.717, 1.165) is 25.0 Å². The first-order valence-corrected chi connectivity index (χ1v) is 19.2. The molecular formula is C40H53NO19. The van der Waals surface area contributed by atoms with Gasteiger partial charge in [-0.3, -0.25) is 14.4 Å². The Morgan fingerprint density at radius 2 is 1.28 bits per heavy atom. The normalized spacial score (nSPS) is 34.4. The van der Waals surface area contributed by atoms with Gasteiger partial charge in [-0.05, 0) is 54.8 Å². The molecule has 332 valence electrons. The maximum Gasteiger partial charge on any atom is 0.303 e. The van der Waals surface area contributed by atoms with Crippen molar-refractivity contribution in [2.24, 2.45) is 0 Å². The molecule has 8 N–H and O–H groups in total. The number of hydrogen-bond acceptors (Lipinski definition) is 19. The van der Waals surface area contributed by atoms with Crippen molar-refractivity contribution in [3.05, 3.63) is 65.7 Å². The van der Waals surface area contributed by atoms with Crippen LogP contribution in [0.25, 0.3) is 6.08 Å². The minimum absolute atomic E-state index is 0.210. The molecule has 20 nitrogen and oxygen atoms in total. The predicted molar refractivity (Wildman–Crippen MR) is 203 cm³/mol. The van der Waals surface area contributed by atoms with Crippen molar-refractivity contribution in [3.8, 4) is 11.5 Å². The summed E-state index contributed by atoms with van der Waals surface area (Å²) in [6, 6.07) is 13.8. The van der Waals surface area contributed by atoms with Crippen LogP contribution in [-0.4, -0.2) is 173 Å². The molecule has 2 aromatic carbocycles. The molecule has 0 bridgehead atoms. The number of rotatable bonds is 16. The number of carbonyl (C=O) groups excluding carboxylic acids is 3. The Kier molecular flexibility index (Phi) is 16.7. The van der Waals surface area contributed by atoms with Crippen LogP contribution in [0.3, 0.4) is 0 Å². The van der Waals surface area contributed by atoms with E-state index < -0.39 is 117 Å². The molecule has 1 amide bonds. The zero-order chi connectivity index (χ0) is 43.7. The van der Waals surface area contributed by atoms with Crippen molar-refractivity contribution >= 4 is 23.9 Å². The van der Waals surface area contributed by atoms with E-state index in [4.69, 9.17) is 42.6 Å². The number of aliphatic hydroxyl groups is 7. The fourth-order valence-electron chi connectivity index (χ4n) is 6.72. The molecule has 0 radical (unpaired) electrons.